The monoisotopic (exact) mass is 476 g/mol. The van der Waals surface area contributed by atoms with Crippen molar-refractivity contribution < 1.29 is 14.6 Å². The number of fused-ring (bicyclic) bond motifs is 1. The summed E-state index contributed by atoms with van der Waals surface area (Å²) in [6, 6.07) is 5.51. The van der Waals surface area contributed by atoms with Gasteiger partial charge in [-0.2, -0.15) is 0 Å². The topological polar surface area (TPSA) is 78.8 Å². The van der Waals surface area contributed by atoms with E-state index < -0.39 is 0 Å². The van der Waals surface area contributed by atoms with Gasteiger partial charge >= 0.3 is 0 Å². The van der Waals surface area contributed by atoms with Gasteiger partial charge < -0.3 is 14.7 Å². The van der Waals surface area contributed by atoms with Gasteiger partial charge in [0.05, 0.1) is 12.6 Å². The summed E-state index contributed by atoms with van der Waals surface area (Å²) in [6.07, 6.45) is 9.87. The summed E-state index contributed by atoms with van der Waals surface area (Å²) in [6.45, 7) is 5.78. The highest BCUT2D eigenvalue weighted by molar-refractivity contribution is 5.97. The first-order chi connectivity index (χ1) is 16.9. The minimum atomic E-state index is -0.306. The third-order valence-electron chi connectivity index (χ3n) is 6.99. The van der Waals surface area contributed by atoms with E-state index in [9.17, 15) is 9.90 Å². The van der Waals surface area contributed by atoms with Crippen LogP contribution in [-0.2, 0) is 6.54 Å². The number of likely N-dealkylation sites (N-methyl/N-ethyl adjacent to an activating group) is 1. The Morgan fingerprint density at radius 1 is 1.29 bits per heavy atom. The molecule has 3 heterocycles. The van der Waals surface area contributed by atoms with Crippen LogP contribution < -0.4 is 4.74 Å². The van der Waals surface area contributed by atoms with Crippen LogP contribution in [0.25, 0.3) is 0 Å². The number of aliphatic hydroxyl groups is 1. The number of aromatic nitrogens is 2. The Morgan fingerprint density at radius 3 is 2.74 bits per heavy atom. The van der Waals surface area contributed by atoms with Crippen LogP contribution in [0, 0.1) is 23.7 Å². The minimum absolute atomic E-state index is 0.0459. The standard InChI is InChI=1S/C28H36N4O3/c1-20-16-32(21(2)19-33)28(34)25-14-24(9-8-22-6-4-5-7-22)15-30-27(25)35-26(20)18-31(3)17-23-10-12-29-13-11-23/h10-15,20-22,26,33H,4-7,16-19H2,1-3H3/t20-,21+,26-/m0/s1. The molecule has 7 nitrogen and oxygen atoms in total. The molecule has 0 aromatic carbocycles. The van der Waals surface area contributed by atoms with E-state index in [1.54, 1.807) is 29.6 Å². The van der Waals surface area contributed by atoms with Crippen molar-refractivity contribution in [3.8, 4) is 17.7 Å². The molecule has 1 amide bonds. The number of carbonyl (C=O) groups is 1. The van der Waals surface area contributed by atoms with Crippen molar-refractivity contribution in [2.75, 3.05) is 26.7 Å². The van der Waals surface area contributed by atoms with Crippen molar-refractivity contribution in [2.45, 2.75) is 58.2 Å². The van der Waals surface area contributed by atoms with Gasteiger partial charge in [-0.25, -0.2) is 4.98 Å². The molecule has 2 aromatic heterocycles. The zero-order valence-electron chi connectivity index (χ0n) is 21.0. The largest absolute Gasteiger partial charge is 0.472 e. The van der Waals surface area contributed by atoms with Crippen molar-refractivity contribution in [2.24, 2.45) is 11.8 Å². The van der Waals surface area contributed by atoms with Gasteiger partial charge in [-0.15, -0.1) is 0 Å². The maximum absolute atomic E-state index is 13.5. The van der Waals surface area contributed by atoms with Gasteiger partial charge in [0.1, 0.15) is 11.7 Å². The van der Waals surface area contributed by atoms with E-state index in [-0.39, 0.29) is 30.6 Å². The van der Waals surface area contributed by atoms with Gasteiger partial charge in [0.25, 0.3) is 5.91 Å². The fourth-order valence-electron chi connectivity index (χ4n) is 4.82. The van der Waals surface area contributed by atoms with Gasteiger partial charge in [0.15, 0.2) is 0 Å². The maximum Gasteiger partial charge on any atom is 0.259 e. The number of nitrogens with zero attached hydrogens (tertiary/aromatic N) is 4. The molecule has 0 spiro atoms. The van der Waals surface area contributed by atoms with E-state index >= 15 is 0 Å². The zero-order valence-corrected chi connectivity index (χ0v) is 21.0. The lowest BCUT2D eigenvalue weighted by molar-refractivity contribution is 0.0325. The van der Waals surface area contributed by atoms with Crippen LogP contribution in [0.1, 0.15) is 61.0 Å². The van der Waals surface area contributed by atoms with Crippen LogP contribution in [-0.4, -0.2) is 69.7 Å². The van der Waals surface area contributed by atoms with Crippen LogP contribution in [0.4, 0.5) is 0 Å². The summed E-state index contributed by atoms with van der Waals surface area (Å²) in [7, 11) is 2.06. The highest BCUT2D eigenvalue weighted by atomic mass is 16.5. The molecule has 0 radical (unpaired) electrons. The Morgan fingerprint density at radius 2 is 2.03 bits per heavy atom. The Kier molecular flexibility index (Phi) is 8.37. The number of ether oxygens (including phenoxy) is 1. The van der Waals surface area contributed by atoms with Crippen molar-refractivity contribution in [1.82, 2.24) is 19.8 Å². The zero-order chi connectivity index (χ0) is 24.8. The summed E-state index contributed by atoms with van der Waals surface area (Å²) in [5.41, 5.74) is 2.32. The summed E-state index contributed by atoms with van der Waals surface area (Å²) < 4.78 is 6.40. The average molecular weight is 477 g/mol. The second-order valence-corrected chi connectivity index (χ2v) is 10.0. The number of amides is 1. The second kappa shape index (κ2) is 11.7. The summed E-state index contributed by atoms with van der Waals surface area (Å²) in [4.78, 5) is 26.1. The van der Waals surface area contributed by atoms with Gasteiger partial charge in [-0.1, -0.05) is 31.6 Å². The van der Waals surface area contributed by atoms with Gasteiger partial charge in [-0.3, -0.25) is 14.7 Å². The Labute approximate surface area is 208 Å². The van der Waals surface area contributed by atoms with Crippen molar-refractivity contribution in [3.63, 3.8) is 0 Å². The van der Waals surface area contributed by atoms with Crippen LogP contribution in [0.15, 0.2) is 36.8 Å². The van der Waals surface area contributed by atoms with E-state index in [1.165, 1.54) is 18.4 Å². The number of pyridine rings is 2. The smallest absolute Gasteiger partial charge is 0.259 e. The first-order valence-corrected chi connectivity index (χ1v) is 12.6. The van der Waals surface area contributed by atoms with Crippen LogP contribution in [0.2, 0.25) is 0 Å². The second-order valence-electron chi connectivity index (χ2n) is 10.0. The first-order valence-electron chi connectivity index (χ1n) is 12.6. The van der Waals surface area contributed by atoms with Gasteiger partial charge in [0.2, 0.25) is 5.88 Å². The molecule has 4 rings (SSSR count). The summed E-state index contributed by atoms with van der Waals surface area (Å²) in [5.74, 6) is 7.22. The lowest BCUT2D eigenvalue weighted by atomic mass is 9.99. The normalized spacial score (nSPS) is 21.5. The van der Waals surface area contributed by atoms with Crippen LogP contribution in [0.5, 0.6) is 5.88 Å². The molecule has 0 bridgehead atoms. The third-order valence-corrected chi connectivity index (χ3v) is 6.99. The molecule has 1 saturated carbocycles. The number of hydrogen-bond acceptors (Lipinski definition) is 6. The molecular formula is C28H36N4O3. The number of rotatable bonds is 6. The quantitative estimate of drug-likeness (QED) is 0.644. The molecule has 35 heavy (non-hydrogen) atoms. The molecule has 7 heteroatoms. The van der Waals surface area contributed by atoms with Crippen molar-refractivity contribution in [1.29, 1.82) is 0 Å². The molecule has 1 fully saturated rings. The van der Waals surface area contributed by atoms with Crippen LogP contribution >= 0.6 is 0 Å². The number of aliphatic hydroxyl groups excluding tert-OH is 1. The molecule has 0 unspecified atom stereocenters. The lowest BCUT2D eigenvalue weighted by Crippen LogP contribution is -2.49. The molecule has 1 aliphatic carbocycles. The van der Waals surface area contributed by atoms with Crippen molar-refractivity contribution >= 4 is 5.91 Å². The molecule has 3 atom stereocenters. The fourth-order valence-corrected chi connectivity index (χ4v) is 4.82. The fraction of sp³-hybridized carbons (Fsp3) is 0.536. The molecule has 2 aliphatic rings. The van der Waals surface area contributed by atoms with E-state index in [0.29, 0.717) is 30.5 Å². The number of hydrogen-bond donors (Lipinski definition) is 1. The van der Waals surface area contributed by atoms with E-state index in [2.05, 4.69) is 40.7 Å². The Hall–Kier alpha value is -2.95. The molecule has 1 aliphatic heterocycles. The van der Waals surface area contributed by atoms with Crippen LogP contribution in [0.3, 0.4) is 0 Å². The van der Waals surface area contributed by atoms with E-state index in [0.717, 1.165) is 24.9 Å². The van der Waals surface area contributed by atoms with Crippen molar-refractivity contribution in [3.05, 3.63) is 53.5 Å². The average Bonchev–Trinajstić information content (AvgIpc) is 3.39. The highest BCUT2D eigenvalue weighted by Gasteiger charge is 2.34. The summed E-state index contributed by atoms with van der Waals surface area (Å²) >= 11 is 0. The van der Waals surface area contributed by atoms with Gasteiger partial charge in [-0.05, 0) is 50.6 Å². The lowest BCUT2D eigenvalue weighted by Gasteiger charge is -2.37. The highest BCUT2D eigenvalue weighted by Crippen LogP contribution is 2.28. The molecule has 2 aromatic rings. The Balaban J connectivity index is 1.60. The Bertz CT molecular complexity index is 1060. The van der Waals surface area contributed by atoms with E-state index in [1.807, 2.05) is 19.1 Å². The predicted octanol–water partition coefficient (Wildman–Crippen LogP) is 3.37. The first kappa shape index (κ1) is 25.2. The predicted molar refractivity (Wildman–Crippen MR) is 135 cm³/mol. The van der Waals surface area contributed by atoms with Gasteiger partial charge in [0, 0.05) is 55.6 Å². The third kappa shape index (κ3) is 6.39. The molecular weight excluding hydrogens is 440 g/mol. The SMILES string of the molecule is C[C@H](CO)N1C[C@H](C)[C@H](CN(C)Cc2ccncc2)Oc2ncc(C#CC3CCCC3)cc2C1=O. The van der Waals surface area contributed by atoms with E-state index in [4.69, 9.17) is 4.74 Å². The molecule has 1 N–H and O–H groups in total. The summed E-state index contributed by atoms with van der Waals surface area (Å²) in [5, 5.41) is 9.86. The number of carbonyl (C=O) groups excluding carboxylic acids is 1. The minimum Gasteiger partial charge on any atom is -0.472 e. The maximum atomic E-state index is 13.5. The molecule has 186 valence electrons. The molecule has 0 saturated heterocycles.